The first-order valence-corrected chi connectivity index (χ1v) is 5.90. The Labute approximate surface area is 108 Å². The highest BCUT2D eigenvalue weighted by Gasteiger charge is 2.05. The van der Waals surface area contributed by atoms with E-state index in [4.69, 9.17) is 16.3 Å². The third kappa shape index (κ3) is 4.47. The summed E-state index contributed by atoms with van der Waals surface area (Å²) in [5.74, 6) is 0.666. The number of hydrogen-bond donors (Lipinski definition) is 1. The van der Waals surface area contributed by atoms with Gasteiger partial charge in [-0.25, -0.2) is 9.97 Å². The molecule has 0 saturated carbocycles. The van der Waals surface area contributed by atoms with Gasteiger partial charge in [0.15, 0.2) is 0 Å². The molecule has 1 aromatic heterocycles. The summed E-state index contributed by atoms with van der Waals surface area (Å²) in [6.07, 6.45) is 1.41. The van der Waals surface area contributed by atoms with Gasteiger partial charge in [-0.05, 0) is 22.9 Å². The van der Waals surface area contributed by atoms with Gasteiger partial charge in [0.1, 0.15) is 17.3 Å². The van der Waals surface area contributed by atoms with Crippen LogP contribution in [0.2, 0.25) is 5.15 Å². The number of anilines is 1. The topological polar surface area (TPSA) is 47.0 Å². The van der Waals surface area contributed by atoms with Gasteiger partial charge in [-0.15, -0.1) is 0 Å². The zero-order valence-corrected chi connectivity index (χ0v) is 11.3. The summed E-state index contributed by atoms with van der Waals surface area (Å²) in [5.41, 5.74) is 1.01. The van der Waals surface area contributed by atoms with Crippen LogP contribution < -0.4 is 5.32 Å². The second-order valence-electron chi connectivity index (χ2n) is 3.26. The fourth-order valence-electron chi connectivity index (χ4n) is 0.960. The second kappa shape index (κ2) is 6.83. The van der Waals surface area contributed by atoms with Crippen LogP contribution in [0.3, 0.4) is 0 Å². The minimum atomic E-state index is 0.389. The summed E-state index contributed by atoms with van der Waals surface area (Å²) in [4.78, 5) is 7.88. The van der Waals surface area contributed by atoms with Gasteiger partial charge in [-0.1, -0.05) is 23.8 Å². The molecular weight excluding hydrogens is 293 g/mol. The number of nitrogens with one attached hydrogen (secondary N) is 1. The number of aromatic nitrogens is 2. The van der Waals surface area contributed by atoms with Crippen LogP contribution in [0.5, 0.6) is 0 Å². The zero-order valence-electron chi connectivity index (χ0n) is 8.96. The smallest absolute Gasteiger partial charge is 0.148 e. The van der Waals surface area contributed by atoms with E-state index < -0.39 is 0 Å². The fourth-order valence-corrected chi connectivity index (χ4v) is 1.44. The van der Waals surface area contributed by atoms with Gasteiger partial charge in [0.25, 0.3) is 0 Å². The summed E-state index contributed by atoms with van der Waals surface area (Å²) in [5, 5.41) is 3.48. The summed E-state index contributed by atoms with van der Waals surface area (Å²) < 4.78 is 6.00. The van der Waals surface area contributed by atoms with Crippen LogP contribution in [0, 0.1) is 0 Å². The Morgan fingerprint density at radius 2 is 2.38 bits per heavy atom. The molecule has 0 aliphatic rings. The number of ether oxygens (including phenoxy) is 1. The lowest BCUT2D eigenvalue weighted by Crippen LogP contribution is -2.11. The Balaban J connectivity index is 2.32. The van der Waals surface area contributed by atoms with Crippen LogP contribution >= 0.6 is 27.5 Å². The van der Waals surface area contributed by atoms with Crippen molar-refractivity contribution >= 4 is 33.3 Å². The number of nitrogens with zero attached hydrogens (tertiary/aromatic N) is 2. The highest BCUT2D eigenvalue weighted by Crippen LogP contribution is 2.25. The first-order chi connectivity index (χ1) is 7.61. The highest BCUT2D eigenvalue weighted by atomic mass is 79.9. The maximum atomic E-state index is 5.81. The minimum absolute atomic E-state index is 0.389. The molecule has 6 heteroatoms. The van der Waals surface area contributed by atoms with Crippen molar-refractivity contribution in [3.05, 3.63) is 28.1 Å². The van der Waals surface area contributed by atoms with Crippen LogP contribution in [0.1, 0.15) is 6.92 Å². The van der Waals surface area contributed by atoms with Crippen LogP contribution in [0.4, 0.5) is 5.82 Å². The summed E-state index contributed by atoms with van der Waals surface area (Å²) >= 11 is 9.11. The predicted molar refractivity (Wildman–Crippen MR) is 68.9 cm³/mol. The van der Waals surface area contributed by atoms with E-state index in [2.05, 4.69) is 37.8 Å². The van der Waals surface area contributed by atoms with E-state index in [1.165, 1.54) is 6.33 Å². The lowest BCUT2D eigenvalue weighted by atomic mass is 10.4. The van der Waals surface area contributed by atoms with Gasteiger partial charge >= 0.3 is 0 Å². The average Bonchev–Trinajstić information content (AvgIpc) is 2.23. The van der Waals surface area contributed by atoms with Crippen LogP contribution in [0.15, 0.2) is 23.0 Å². The zero-order chi connectivity index (χ0) is 12.0. The Bertz CT molecular complexity index is 373. The predicted octanol–water partition coefficient (Wildman–Crippen LogP) is 2.90. The van der Waals surface area contributed by atoms with Gasteiger partial charge in [-0.2, -0.15) is 0 Å². The molecule has 88 valence electrons. The van der Waals surface area contributed by atoms with Gasteiger partial charge in [-0.3, -0.25) is 0 Å². The third-order valence-corrected chi connectivity index (χ3v) is 2.90. The van der Waals surface area contributed by atoms with Crippen molar-refractivity contribution in [2.45, 2.75) is 6.92 Å². The molecule has 1 N–H and O–H groups in total. The first-order valence-electron chi connectivity index (χ1n) is 4.73. The van der Waals surface area contributed by atoms with Crippen molar-refractivity contribution in [1.82, 2.24) is 9.97 Å². The molecule has 1 aromatic rings. The molecule has 1 heterocycles. The summed E-state index contributed by atoms with van der Waals surface area (Å²) in [7, 11) is 0. The van der Waals surface area contributed by atoms with E-state index >= 15 is 0 Å². The van der Waals surface area contributed by atoms with Crippen molar-refractivity contribution in [3.63, 3.8) is 0 Å². The summed E-state index contributed by atoms with van der Waals surface area (Å²) in [6, 6.07) is 0. The van der Waals surface area contributed by atoms with Crippen molar-refractivity contribution in [2.24, 2.45) is 0 Å². The van der Waals surface area contributed by atoms with E-state index in [9.17, 15) is 0 Å². The molecule has 0 unspecified atom stereocenters. The Kier molecular flexibility index (Phi) is 5.73. The van der Waals surface area contributed by atoms with Crippen molar-refractivity contribution in [1.29, 1.82) is 0 Å². The van der Waals surface area contributed by atoms with Crippen molar-refractivity contribution in [3.8, 4) is 0 Å². The molecule has 0 bridgehead atoms. The van der Waals surface area contributed by atoms with Gasteiger partial charge in [0.05, 0.1) is 17.7 Å². The molecule has 0 atom stereocenters. The molecule has 0 fully saturated rings. The molecule has 0 radical (unpaired) electrons. The van der Waals surface area contributed by atoms with Gasteiger partial charge in [0, 0.05) is 6.54 Å². The van der Waals surface area contributed by atoms with Gasteiger partial charge in [0.2, 0.25) is 0 Å². The maximum Gasteiger partial charge on any atom is 0.148 e. The molecule has 0 aliphatic heterocycles. The summed E-state index contributed by atoms with van der Waals surface area (Å²) in [6.45, 7) is 7.48. The lowest BCUT2D eigenvalue weighted by molar-refractivity contribution is 0.167. The minimum Gasteiger partial charge on any atom is -0.375 e. The normalized spacial score (nSPS) is 10.2. The quantitative estimate of drug-likeness (QED) is 0.499. The Morgan fingerprint density at radius 3 is 3.06 bits per heavy atom. The number of hydrogen-bond acceptors (Lipinski definition) is 4. The maximum absolute atomic E-state index is 5.81. The molecule has 0 aromatic carbocycles. The van der Waals surface area contributed by atoms with Crippen molar-refractivity contribution in [2.75, 3.05) is 25.1 Å². The monoisotopic (exact) mass is 305 g/mol. The first kappa shape index (κ1) is 13.4. The molecule has 0 spiro atoms. The Morgan fingerprint density at radius 1 is 1.62 bits per heavy atom. The number of halogens is 2. The SMILES string of the molecule is C=C(C)COCCNc1ncnc(Cl)c1Br. The van der Waals surface area contributed by atoms with E-state index in [-0.39, 0.29) is 0 Å². The standard InChI is InChI=1S/C10H13BrClN3O/c1-7(2)5-16-4-3-13-10-8(11)9(12)14-6-15-10/h6H,1,3-5H2,2H3,(H,13,14,15). The molecule has 0 saturated heterocycles. The molecule has 4 nitrogen and oxygen atoms in total. The molecule has 0 aliphatic carbocycles. The highest BCUT2D eigenvalue weighted by molar-refractivity contribution is 9.10. The van der Waals surface area contributed by atoms with Crippen molar-refractivity contribution < 1.29 is 4.74 Å². The third-order valence-electron chi connectivity index (χ3n) is 1.63. The van der Waals surface area contributed by atoms with E-state index in [1.54, 1.807) is 0 Å². The molecular formula is C10H13BrClN3O. The number of rotatable bonds is 6. The lowest BCUT2D eigenvalue weighted by Gasteiger charge is -2.08. The Hall–Kier alpha value is -0.650. The van der Waals surface area contributed by atoms with E-state index in [0.717, 1.165) is 5.57 Å². The molecule has 1 rings (SSSR count). The second-order valence-corrected chi connectivity index (χ2v) is 4.41. The molecule has 16 heavy (non-hydrogen) atoms. The van der Waals surface area contributed by atoms with Crippen LogP contribution in [0.25, 0.3) is 0 Å². The fraction of sp³-hybridized carbons (Fsp3) is 0.400. The molecule has 0 amide bonds. The van der Waals surface area contributed by atoms with Crippen LogP contribution in [-0.4, -0.2) is 29.7 Å². The van der Waals surface area contributed by atoms with E-state index in [0.29, 0.717) is 35.2 Å². The van der Waals surface area contributed by atoms with Gasteiger partial charge < -0.3 is 10.1 Å². The largest absolute Gasteiger partial charge is 0.375 e. The average molecular weight is 307 g/mol. The van der Waals surface area contributed by atoms with Crippen LogP contribution in [-0.2, 0) is 4.74 Å². The van der Waals surface area contributed by atoms with E-state index in [1.807, 2.05) is 6.92 Å².